The molecule has 1 fully saturated rings. The summed E-state index contributed by atoms with van der Waals surface area (Å²) in [6.07, 6.45) is -0.679. The zero-order valence-corrected chi connectivity index (χ0v) is 30.8. The van der Waals surface area contributed by atoms with Crippen molar-refractivity contribution in [2.75, 3.05) is 160 Å². The van der Waals surface area contributed by atoms with E-state index in [1.54, 1.807) is 14.2 Å². The summed E-state index contributed by atoms with van der Waals surface area (Å²) in [6.45, 7) is 4.83. The Morgan fingerprint density at radius 1 is 0.615 bits per heavy atom. The predicted molar refractivity (Wildman–Crippen MR) is 179 cm³/mol. The van der Waals surface area contributed by atoms with Gasteiger partial charge < -0.3 is 72.3 Å². The number of nitrogens with one attached hydrogen (secondary N) is 2. The van der Waals surface area contributed by atoms with Crippen LogP contribution in [0.25, 0.3) is 0 Å². The van der Waals surface area contributed by atoms with Gasteiger partial charge in [0.15, 0.2) is 6.23 Å². The minimum Gasteiger partial charge on any atom is -0.382 e. The van der Waals surface area contributed by atoms with Crippen LogP contribution < -0.4 is 10.6 Å². The summed E-state index contributed by atoms with van der Waals surface area (Å²) >= 11 is 0. The summed E-state index contributed by atoms with van der Waals surface area (Å²) in [5, 5.41) is 6.28. The van der Waals surface area contributed by atoms with Gasteiger partial charge in [-0.25, -0.2) is 4.79 Å². The van der Waals surface area contributed by atoms with E-state index in [2.05, 4.69) is 10.6 Å². The maximum atomic E-state index is 12.4. The topological polar surface area (TPSA) is 216 Å². The van der Waals surface area contributed by atoms with Crippen LogP contribution in [0, 0.1) is 0 Å². The number of nitrogens with zero attached hydrogens (tertiary/aromatic N) is 1. The van der Waals surface area contributed by atoms with E-state index in [1.807, 2.05) is 0 Å². The molecular formula is C32H59N3O17. The second-order valence-electron chi connectivity index (χ2n) is 10.7. The Morgan fingerprint density at radius 2 is 1.06 bits per heavy atom. The molecule has 0 spiro atoms. The normalized spacial score (nSPS) is 14.3. The zero-order chi connectivity index (χ0) is 37.9. The van der Waals surface area contributed by atoms with Crippen LogP contribution in [0.1, 0.15) is 12.8 Å². The number of ether oxygens (including phenoxy) is 12. The number of carbonyl (C=O) groups excluding carboxylic acids is 4. The van der Waals surface area contributed by atoms with Crippen LogP contribution >= 0.6 is 0 Å². The quantitative estimate of drug-likeness (QED) is 0.0661. The van der Waals surface area contributed by atoms with Gasteiger partial charge >= 0.3 is 5.97 Å². The Bertz CT molecular complexity index is 873. The van der Waals surface area contributed by atoms with Gasteiger partial charge in [-0.15, -0.1) is 5.06 Å². The van der Waals surface area contributed by atoms with E-state index >= 15 is 0 Å². The molecule has 1 aliphatic heterocycles. The smallest absolute Gasteiger partial charge is 0.358 e. The molecule has 0 aromatic rings. The van der Waals surface area contributed by atoms with E-state index in [9.17, 15) is 19.2 Å². The standard InChI is InChI=1S/C32H59N3O17/c1-40-10-12-45-16-20-49-24-28(36)33-6-8-43-14-18-47-22-27(51-26-32(39)52-35-30(38)4-5-31(35)42-3)23-48-19-15-44-9-7-34-29(37)25-50-21-17-46-13-11-41-2/h27,31H,4-26H2,1-3H3,(H,33,36)(H,34,37). The molecule has 1 unspecified atom stereocenters. The van der Waals surface area contributed by atoms with Gasteiger partial charge in [-0.2, -0.15) is 0 Å². The summed E-state index contributed by atoms with van der Waals surface area (Å²) in [5.74, 6) is -1.67. The molecule has 0 aliphatic carbocycles. The van der Waals surface area contributed by atoms with Crippen molar-refractivity contribution in [3.63, 3.8) is 0 Å². The SMILES string of the molecule is COCCOCCOCC(=O)NCCOCCOCC(COCCOCCNC(=O)COCCOCCOC)OCC(=O)ON1C(=O)CCC1OC. The van der Waals surface area contributed by atoms with Crippen molar-refractivity contribution >= 4 is 23.7 Å². The lowest BCUT2D eigenvalue weighted by Gasteiger charge is -2.22. The number of amides is 3. The molecule has 0 radical (unpaired) electrons. The highest BCUT2D eigenvalue weighted by atomic mass is 16.8. The molecule has 1 atom stereocenters. The molecule has 304 valence electrons. The second-order valence-corrected chi connectivity index (χ2v) is 10.7. The van der Waals surface area contributed by atoms with Crippen LogP contribution in [-0.2, 0) is 80.9 Å². The van der Waals surface area contributed by atoms with Crippen molar-refractivity contribution in [2.45, 2.75) is 25.2 Å². The number of hydroxylamine groups is 2. The van der Waals surface area contributed by atoms with Crippen LogP contribution in [0.5, 0.6) is 0 Å². The van der Waals surface area contributed by atoms with Gasteiger partial charge in [0.05, 0.1) is 106 Å². The maximum absolute atomic E-state index is 12.4. The monoisotopic (exact) mass is 757 g/mol. The molecule has 1 rings (SSSR count). The maximum Gasteiger partial charge on any atom is 0.358 e. The fourth-order valence-corrected chi connectivity index (χ4v) is 3.98. The van der Waals surface area contributed by atoms with Gasteiger partial charge in [0.2, 0.25) is 11.8 Å². The Morgan fingerprint density at radius 3 is 1.54 bits per heavy atom. The van der Waals surface area contributed by atoms with Crippen molar-refractivity contribution in [3.8, 4) is 0 Å². The van der Waals surface area contributed by atoms with E-state index in [1.165, 1.54) is 7.11 Å². The molecule has 0 aromatic carbocycles. The third-order valence-corrected chi connectivity index (χ3v) is 6.58. The van der Waals surface area contributed by atoms with Gasteiger partial charge in [0.25, 0.3) is 5.91 Å². The highest BCUT2D eigenvalue weighted by molar-refractivity contribution is 5.80. The molecule has 52 heavy (non-hydrogen) atoms. The first-order chi connectivity index (χ1) is 25.4. The Kier molecular flexibility index (Phi) is 31.2. The van der Waals surface area contributed by atoms with Crippen LogP contribution in [0.2, 0.25) is 0 Å². The van der Waals surface area contributed by atoms with Crippen LogP contribution in [0.15, 0.2) is 0 Å². The van der Waals surface area contributed by atoms with E-state index in [0.29, 0.717) is 72.4 Å². The molecule has 2 N–H and O–H groups in total. The summed E-state index contributed by atoms with van der Waals surface area (Å²) in [4.78, 5) is 53.2. The first-order valence-corrected chi connectivity index (χ1v) is 17.2. The number of carbonyl (C=O) groups is 4. The fraction of sp³-hybridized carbons (Fsp3) is 0.875. The van der Waals surface area contributed by atoms with E-state index in [4.69, 9.17) is 61.7 Å². The van der Waals surface area contributed by atoms with E-state index in [-0.39, 0.29) is 90.2 Å². The lowest BCUT2D eigenvalue weighted by atomic mass is 10.4. The molecule has 0 bridgehead atoms. The first kappa shape index (κ1) is 47.4. The minimum atomic E-state index is -0.778. The largest absolute Gasteiger partial charge is 0.382 e. The Balaban J connectivity index is 2.24. The molecule has 0 saturated carbocycles. The molecule has 1 saturated heterocycles. The number of methoxy groups -OCH3 is 3. The zero-order valence-electron chi connectivity index (χ0n) is 30.8. The van der Waals surface area contributed by atoms with Crippen molar-refractivity contribution in [3.05, 3.63) is 0 Å². The molecule has 0 aromatic heterocycles. The van der Waals surface area contributed by atoms with E-state index < -0.39 is 24.9 Å². The van der Waals surface area contributed by atoms with Gasteiger partial charge in [0.1, 0.15) is 25.9 Å². The van der Waals surface area contributed by atoms with Crippen molar-refractivity contribution < 1.29 is 80.9 Å². The third kappa shape index (κ3) is 27.1. The predicted octanol–water partition coefficient (Wildman–Crippen LogP) is -1.92. The molecule has 20 heteroatoms. The van der Waals surface area contributed by atoms with Crippen LogP contribution in [-0.4, -0.2) is 201 Å². The van der Waals surface area contributed by atoms with Crippen molar-refractivity contribution in [1.82, 2.24) is 15.7 Å². The Hall–Kier alpha value is -2.60. The number of hydrogen-bond acceptors (Lipinski definition) is 17. The lowest BCUT2D eigenvalue weighted by Crippen LogP contribution is -2.38. The fourth-order valence-electron chi connectivity index (χ4n) is 3.98. The highest BCUT2D eigenvalue weighted by Gasteiger charge is 2.34. The van der Waals surface area contributed by atoms with Crippen molar-refractivity contribution in [1.29, 1.82) is 0 Å². The van der Waals surface area contributed by atoms with Gasteiger partial charge in [-0.05, 0) is 0 Å². The Labute approximate surface area is 305 Å². The number of hydrogen-bond donors (Lipinski definition) is 2. The highest BCUT2D eigenvalue weighted by Crippen LogP contribution is 2.19. The second kappa shape index (κ2) is 34.2. The molecule has 1 heterocycles. The van der Waals surface area contributed by atoms with Gasteiger partial charge in [0, 0.05) is 47.3 Å². The summed E-state index contributed by atoms with van der Waals surface area (Å²) < 4.78 is 63.8. The molecule has 1 aliphatic rings. The summed E-state index contributed by atoms with van der Waals surface area (Å²) in [6, 6.07) is 0. The van der Waals surface area contributed by atoms with Crippen LogP contribution in [0.3, 0.4) is 0 Å². The van der Waals surface area contributed by atoms with Gasteiger partial charge in [-0.3, -0.25) is 14.4 Å². The van der Waals surface area contributed by atoms with Gasteiger partial charge in [-0.1, -0.05) is 0 Å². The average Bonchev–Trinajstić information content (AvgIpc) is 3.49. The molecule has 20 nitrogen and oxygen atoms in total. The summed E-state index contributed by atoms with van der Waals surface area (Å²) in [7, 11) is 4.60. The first-order valence-electron chi connectivity index (χ1n) is 17.2. The lowest BCUT2D eigenvalue weighted by molar-refractivity contribution is -0.229. The molecular weight excluding hydrogens is 698 g/mol. The minimum absolute atomic E-state index is 0.0669. The van der Waals surface area contributed by atoms with E-state index in [0.717, 1.165) is 5.06 Å². The number of rotatable bonds is 37. The third-order valence-electron chi connectivity index (χ3n) is 6.58. The van der Waals surface area contributed by atoms with Crippen molar-refractivity contribution in [2.24, 2.45) is 0 Å². The summed E-state index contributed by atoms with van der Waals surface area (Å²) in [5.41, 5.74) is 0. The average molecular weight is 758 g/mol. The van der Waals surface area contributed by atoms with Crippen LogP contribution in [0.4, 0.5) is 0 Å². The molecule has 3 amide bonds.